The lowest BCUT2D eigenvalue weighted by Crippen LogP contribution is -2.52. The van der Waals surface area contributed by atoms with Gasteiger partial charge in [-0.3, -0.25) is 29.5 Å². The van der Waals surface area contributed by atoms with Crippen LogP contribution in [0.25, 0.3) is 0 Å². The Morgan fingerprint density at radius 2 is 1.77 bits per heavy atom. The number of hydrogen-bond donors (Lipinski definition) is 0. The first-order valence-corrected chi connectivity index (χ1v) is 10.2. The summed E-state index contributed by atoms with van der Waals surface area (Å²) in [6.07, 6.45) is 0.0949. The van der Waals surface area contributed by atoms with Gasteiger partial charge in [0.1, 0.15) is 5.75 Å². The van der Waals surface area contributed by atoms with Gasteiger partial charge in [0.25, 0.3) is 11.6 Å². The average Bonchev–Trinajstić information content (AvgIpc) is 3.08. The van der Waals surface area contributed by atoms with Crippen molar-refractivity contribution in [1.29, 1.82) is 0 Å². The third-order valence-electron chi connectivity index (χ3n) is 5.83. The Labute approximate surface area is 179 Å². The topological polar surface area (TPSA) is 96.2 Å². The van der Waals surface area contributed by atoms with Gasteiger partial charge < -0.3 is 4.74 Å². The molecule has 2 amide bonds. The molecule has 0 aliphatic carbocycles. The van der Waals surface area contributed by atoms with Crippen LogP contribution in [-0.4, -0.2) is 65.9 Å². The van der Waals surface area contributed by atoms with Gasteiger partial charge in [-0.2, -0.15) is 0 Å². The van der Waals surface area contributed by atoms with E-state index >= 15 is 0 Å². The second kappa shape index (κ2) is 8.83. The molecule has 2 aromatic carbocycles. The van der Waals surface area contributed by atoms with Gasteiger partial charge in [0.05, 0.1) is 36.2 Å². The molecular weight excluding hydrogens is 400 g/mol. The monoisotopic (exact) mass is 424 g/mol. The first-order chi connectivity index (χ1) is 15.0. The Balaban J connectivity index is 1.44. The highest BCUT2D eigenvalue weighted by atomic mass is 16.6. The van der Waals surface area contributed by atoms with E-state index in [1.54, 1.807) is 0 Å². The number of carbonyl (C=O) groups is 2. The van der Waals surface area contributed by atoms with Crippen molar-refractivity contribution >= 4 is 23.2 Å². The fraction of sp³-hybridized carbons (Fsp3) is 0.364. The number of hydrogen-bond acceptors (Lipinski definition) is 7. The van der Waals surface area contributed by atoms with Gasteiger partial charge in [-0.15, -0.1) is 0 Å². The SMILES string of the molecule is COc1cc([N+](=O)[O-])ccc1N1C(=O)CC(N2CCN(Cc3ccccc3)CC2)C1=O. The van der Waals surface area contributed by atoms with Crippen molar-refractivity contribution in [3.8, 4) is 5.75 Å². The number of nitro benzene ring substituents is 1. The molecule has 162 valence electrons. The minimum Gasteiger partial charge on any atom is -0.494 e. The second-order valence-electron chi connectivity index (χ2n) is 7.70. The molecule has 0 spiro atoms. The molecule has 0 N–H and O–H groups in total. The lowest BCUT2D eigenvalue weighted by molar-refractivity contribution is -0.384. The zero-order chi connectivity index (χ0) is 22.0. The molecule has 2 fully saturated rings. The van der Waals surface area contributed by atoms with Gasteiger partial charge in [0.2, 0.25) is 5.91 Å². The molecule has 2 heterocycles. The van der Waals surface area contributed by atoms with E-state index in [2.05, 4.69) is 21.9 Å². The van der Waals surface area contributed by atoms with Gasteiger partial charge in [0.15, 0.2) is 0 Å². The lowest BCUT2D eigenvalue weighted by Gasteiger charge is -2.37. The van der Waals surface area contributed by atoms with Gasteiger partial charge in [-0.1, -0.05) is 30.3 Å². The summed E-state index contributed by atoms with van der Waals surface area (Å²) in [6.45, 7) is 3.88. The predicted octanol–water partition coefficient (Wildman–Crippen LogP) is 2.05. The van der Waals surface area contributed by atoms with Crippen LogP contribution in [0, 0.1) is 10.1 Å². The van der Waals surface area contributed by atoms with E-state index in [0.717, 1.165) is 24.5 Å². The quantitative estimate of drug-likeness (QED) is 0.398. The van der Waals surface area contributed by atoms with Crippen molar-refractivity contribution in [1.82, 2.24) is 9.80 Å². The van der Waals surface area contributed by atoms with Crippen LogP contribution < -0.4 is 9.64 Å². The van der Waals surface area contributed by atoms with E-state index in [-0.39, 0.29) is 35.4 Å². The average molecular weight is 424 g/mol. The maximum absolute atomic E-state index is 13.1. The van der Waals surface area contributed by atoms with E-state index in [1.807, 2.05) is 18.2 Å². The first kappa shape index (κ1) is 21.0. The maximum Gasteiger partial charge on any atom is 0.273 e. The number of imide groups is 1. The molecule has 1 atom stereocenters. The standard InChI is InChI=1S/C22H24N4O5/c1-31-20-13-17(26(29)30)7-8-18(20)25-21(27)14-19(22(25)28)24-11-9-23(10-12-24)15-16-5-3-2-4-6-16/h2-8,13,19H,9-12,14-15H2,1H3. The highest BCUT2D eigenvalue weighted by molar-refractivity contribution is 6.23. The minimum absolute atomic E-state index is 0.0949. The van der Waals surface area contributed by atoms with Crippen LogP contribution in [0.4, 0.5) is 11.4 Å². The molecule has 0 aromatic heterocycles. The fourth-order valence-electron chi connectivity index (χ4n) is 4.19. The second-order valence-corrected chi connectivity index (χ2v) is 7.70. The molecule has 0 saturated carbocycles. The summed E-state index contributed by atoms with van der Waals surface area (Å²) in [5.74, 6) is -0.508. The number of carbonyl (C=O) groups excluding carboxylic acids is 2. The number of amides is 2. The third kappa shape index (κ3) is 4.28. The molecule has 2 saturated heterocycles. The summed E-state index contributed by atoms with van der Waals surface area (Å²) in [6, 6.07) is 13.6. The Morgan fingerprint density at radius 3 is 2.42 bits per heavy atom. The van der Waals surface area contributed by atoms with E-state index in [0.29, 0.717) is 13.1 Å². The maximum atomic E-state index is 13.1. The molecule has 2 aliphatic rings. The van der Waals surface area contributed by atoms with Crippen molar-refractivity contribution in [2.24, 2.45) is 0 Å². The number of non-ortho nitro benzene ring substituents is 1. The van der Waals surface area contributed by atoms with Gasteiger partial charge in [0, 0.05) is 38.8 Å². The summed E-state index contributed by atoms with van der Waals surface area (Å²) in [4.78, 5) is 41.8. The van der Waals surface area contributed by atoms with E-state index in [9.17, 15) is 19.7 Å². The molecule has 2 aliphatic heterocycles. The van der Waals surface area contributed by atoms with E-state index in [1.165, 1.54) is 30.9 Å². The molecule has 4 rings (SSSR count). The fourth-order valence-corrected chi connectivity index (χ4v) is 4.19. The highest BCUT2D eigenvalue weighted by Crippen LogP contribution is 2.36. The molecule has 0 radical (unpaired) electrons. The molecule has 0 bridgehead atoms. The number of piperazine rings is 1. The number of anilines is 1. The van der Waals surface area contributed by atoms with Crippen LogP contribution in [0.3, 0.4) is 0 Å². The number of rotatable bonds is 6. The largest absolute Gasteiger partial charge is 0.494 e. The lowest BCUT2D eigenvalue weighted by atomic mass is 10.1. The normalized spacial score (nSPS) is 20.3. The highest BCUT2D eigenvalue weighted by Gasteiger charge is 2.44. The van der Waals surface area contributed by atoms with Crippen molar-refractivity contribution in [2.75, 3.05) is 38.2 Å². The number of nitrogens with zero attached hydrogens (tertiary/aromatic N) is 4. The van der Waals surface area contributed by atoms with Crippen molar-refractivity contribution in [2.45, 2.75) is 19.0 Å². The molecule has 1 unspecified atom stereocenters. The van der Waals surface area contributed by atoms with Gasteiger partial charge >= 0.3 is 0 Å². The van der Waals surface area contributed by atoms with Crippen LogP contribution in [-0.2, 0) is 16.1 Å². The smallest absolute Gasteiger partial charge is 0.273 e. The van der Waals surface area contributed by atoms with Gasteiger partial charge in [-0.25, -0.2) is 4.90 Å². The molecule has 9 heteroatoms. The van der Waals surface area contributed by atoms with Crippen molar-refractivity contribution in [3.05, 3.63) is 64.2 Å². The zero-order valence-electron chi connectivity index (χ0n) is 17.3. The summed E-state index contributed by atoms with van der Waals surface area (Å²) in [5.41, 5.74) is 1.33. The summed E-state index contributed by atoms with van der Waals surface area (Å²) in [7, 11) is 1.36. The number of nitro groups is 1. The van der Waals surface area contributed by atoms with Crippen LogP contribution in [0.15, 0.2) is 48.5 Å². The Kier molecular flexibility index (Phi) is 5.97. The number of methoxy groups -OCH3 is 1. The van der Waals surface area contributed by atoms with Crippen LogP contribution in [0.5, 0.6) is 5.75 Å². The predicted molar refractivity (Wildman–Crippen MR) is 114 cm³/mol. The molecule has 2 aromatic rings. The molecule has 31 heavy (non-hydrogen) atoms. The van der Waals surface area contributed by atoms with Crippen molar-refractivity contribution in [3.63, 3.8) is 0 Å². The third-order valence-corrected chi connectivity index (χ3v) is 5.83. The molecule has 9 nitrogen and oxygen atoms in total. The summed E-state index contributed by atoms with van der Waals surface area (Å²) >= 11 is 0. The summed E-state index contributed by atoms with van der Waals surface area (Å²) in [5, 5.41) is 11.0. The Hall–Kier alpha value is -3.30. The summed E-state index contributed by atoms with van der Waals surface area (Å²) < 4.78 is 5.23. The van der Waals surface area contributed by atoms with Crippen molar-refractivity contribution < 1.29 is 19.2 Å². The van der Waals surface area contributed by atoms with Crippen LogP contribution in [0.1, 0.15) is 12.0 Å². The van der Waals surface area contributed by atoms with E-state index in [4.69, 9.17) is 4.74 Å². The number of benzene rings is 2. The van der Waals surface area contributed by atoms with E-state index < -0.39 is 11.0 Å². The Morgan fingerprint density at radius 1 is 1.06 bits per heavy atom. The first-order valence-electron chi connectivity index (χ1n) is 10.2. The van der Waals surface area contributed by atoms with Crippen LogP contribution >= 0.6 is 0 Å². The zero-order valence-corrected chi connectivity index (χ0v) is 17.3. The number of ether oxygens (including phenoxy) is 1. The minimum atomic E-state index is -0.544. The van der Waals surface area contributed by atoms with Crippen LogP contribution in [0.2, 0.25) is 0 Å². The Bertz CT molecular complexity index is 989. The van der Waals surface area contributed by atoms with Gasteiger partial charge in [-0.05, 0) is 11.6 Å². The molecular formula is C22H24N4O5.